The number of nitrogens with one attached hydrogen (secondary N) is 1. The largest absolute Gasteiger partial charge is 0.468 e. The first-order chi connectivity index (χ1) is 9.52. The lowest BCUT2D eigenvalue weighted by Crippen LogP contribution is -2.42. The van der Waals surface area contributed by atoms with Crippen LogP contribution in [0.4, 0.5) is 0 Å². The highest BCUT2D eigenvalue weighted by molar-refractivity contribution is 5.77. The number of benzene rings is 1. The molecule has 20 heavy (non-hydrogen) atoms. The van der Waals surface area contributed by atoms with Gasteiger partial charge in [-0.15, -0.1) is 0 Å². The van der Waals surface area contributed by atoms with Gasteiger partial charge in [0.1, 0.15) is 6.04 Å². The summed E-state index contributed by atoms with van der Waals surface area (Å²) in [7, 11) is 1.45. The Morgan fingerprint density at radius 2 is 2.05 bits per heavy atom. The molecule has 0 amide bonds. The minimum Gasteiger partial charge on any atom is -0.468 e. The summed E-state index contributed by atoms with van der Waals surface area (Å²) < 4.78 is 4.96. The Morgan fingerprint density at radius 1 is 1.35 bits per heavy atom. The summed E-state index contributed by atoms with van der Waals surface area (Å²) in [5.41, 5.74) is 1.33. The number of rotatable bonds is 4. The lowest BCUT2D eigenvalue weighted by Gasteiger charge is -2.37. The molecule has 2 atom stereocenters. The molecule has 2 unspecified atom stereocenters. The van der Waals surface area contributed by atoms with Crippen molar-refractivity contribution in [3.63, 3.8) is 0 Å². The van der Waals surface area contributed by atoms with E-state index >= 15 is 0 Å². The van der Waals surface area contributed by atoms with Crippen molar-refractivity contribution >= 4 is 5.97 Å². The molecule has 1 aromatic rings. The summed E-state index contributed by atoms with van der Waals surface area (Å²) in [6.45, 7) is 4.60. The van der Waals surface area contributed by atoms with Crippen molar-refractivity contribution in [2.24, 2.45) is 5.41 Å². The van der Waals surface area contributed by atoms with Gasteiger partial charge in [-0.3, -0.25) is 5.32 Å². The number of esters is 1. The van der Waals surface area contributed by atoms with Gasteiger partial charge in [0.15, 0.2) is 0 Å². The summed E-state index contributed by atoms with van der Waals surface area (Å²) in [5, 5.41) is 3.50. The monoisotopic (exact) mass is 275 g/mol. The van der Waals surface area contributed by atoms with Gasteiger partial charge in [0.25, 0.3) is 0 Å². The summed E-state index contributed by atoms with van der Waals surface area (Å²) in [6, 6.07) is 9.84. The number of carbonyl (C=O) groups excluding carboxylic acids is 1. The van der Waals surface area contributed by atoms with Gasteiger partial charge in [0.2, 0.25) is 0 Å². The third-order valence-corrected chi connectivity index (χ3v) is 4.18. The Kier molecular flexibility index (Phi) is 4.81. The van der Waals surface area contributed by atoms with Crippen LogP contribution in [0.2, 0.25) is 0 Å². The fourth-order valence-corrected chi connectivity index (χ4v) is 3.14. The normalized spacial score (nSPS) is 23.1. The highest BCUT2D eigenvalue weighted by atomic mass is 16.5. The minimum atomic E-state index is -0.361. The van der Waals surface area contributed by atoms with Gasteiger partial charge in [-0.2, -0.15) is 0 Å². The van der Waals surface area contributed by atoms with E-state index in [0.29, 0.717) is 11.5 Å². The molecule has 1 aromatic carbocycles. The first-order valence-corrected chi connectivity index (χ1v) is 7.41. The second kappa shape index (κ2) is 6.40. The maximum atomic E-state index is 12.1. The molecule has 1 saturated carbocycles. The van der Waals surface area contributed by atoms with E-state index in [1.165, 1.54) is 20.0 Å². The first-order valence-electron chi connectivity index (χ1n) is 7.41. The smallest absolute Gasteiger partial charge is 0.327 e. The Balaban J connectivity index is 2.11. The highest BCUT2D eigenvalue weighted by Gasteiger charge is 2.31. The Labute approximate surface area is 121 Å². The van der Waals surface area contributed by atoms with Crippen LogP contribution in [0.3, 0.4) is 0 Å². The predicted molar refractivity (Wildman–Crippen MR) is 80.4 cm³/mol. The molecule has 0 heterocycles. The molecule has 0 aromatic heterocycles. The van der Waals surface area contributed by atoms with Gasteiger partial charge in [-0.1, -0.05) is 50.6 Å². The number of carbonyl (C=O) groups is 1. The average Bonchev–Trinajstić information content (AvgIpc) is 2.44. The van der Waals surface area contributed by atoms with Gasteiger partial charge >= 0.3 is 5.97 Å². The zero-order valence-electron chi connectivity index (χ0n) is 12.7. The number of hydrogen-bond donors (Lipinski definition) is 1. The minimum absolute atomic E-state index is 0.209. The molecule has 2 rings (SSSR count). The quantitative estimate of drug-likeness (QED) is 0.855. The van der Waals surface area contributed by atoms with Crippen molar-refractivity contribution in [2.45, 2.75) is 51.6 Å². The zero-order valence-corrected chi connectivity index (χ0v) is 12.7. The van der Waals surface area contributed by atoms with Crippen molar-refractivity contribution in [1.82, 2.24) is 5.32 Å². The Morgan fingerprint density at radius 3 is 2.65 bits per heavy atom. The maximum Gasteiger partial charge on any atom is 0.327 e. The van der Waals surface area contributed by atoms with Crippen LogP contribution in [0.15, 0.2) is 30.3 Å². The van der Waals surface area contributed by atoms with Gasteiger partial charge in [-0.25, -0.2) is 4.79 Å². The lowest BCUT2D eigenvalue weighted by molar-refractivity contribution is -0.143. The highest BCUT2D eigenvalue weighted by Crippen LogP contribution is 2.36. The molecule has 0 bridgehead atoms. The van der Waals surface area contributed by atoms with Crippen LogP contribution in [-0.4, -0.2) is 19.1 Å². The van der Waals surface area contributed by atoms with E-state index < -0.39 is 0 Å². The van der Waals surface area contributed by atoms with Crippen molar-refractivity contribution in [3.8, 4) is 0 Å². The second-order valence-electron chi connectivity index (χ2n) is 6.49. The number of ether oxygens (including phenoxy) is 1. The van der Waals surface area contributed by atoms with E-state index in [1.54, 1.807) is 0 Å². The summed E-state index contributed by atoms with van der Waals surface area (Å²) in [5.74, 6) is -0.209. The molecule has 1 aliphatic rings. The van der Waals surface area contributed by atoms with Crippen LogP contribution in [-0.2, 0) is 9.53 Å². The third kappa shape index (κ3) is 3.83. The van der Waals surface area contributed by atoms with Crippen LogP contribution in [0, 0.1) is 5.41 Å². The average molecular weight is 275 g/mol. The predicted octanol–water partition coefficient (Wildman–Crippen LogP) is 3.46. The van der Waals surface area contributed by atoms with Crippen molar-refractivity contribution < 1.29 is 9.53 Å². The molecular formula is C17H25NO2. The fraction of sp³-hybridized carbons (Fsp3) is 0.588. The number of methoxy groups -OCH3 is 1. The Bertz CT molecular complexity index is 442. The summed E-state index contributed by atoms with van der Waals surface area (Å²) >= 11 is 0. The molecular weight excluding hydrogens is 250 g/mol. The topological polar surface area (TPSA) is 38.3 Å². The Hall–Kier alpha value is -1.35. The van der Waals surface area contributed by atoms with Gasteiger partial charge in [0.05, 0.1) is 7.11 Å². The standard InChI is InChI=1S/C17H25NO2/c1-17(2)11-7-10-14(12-17)18-15(16(19)20-3)13-8-5-4-6-9-13/h4-6,8-9,14-15,18H,7,10-12H2,1-3H3. The lowest BCUT2D eigenvalue weighted by atomic mass is 9.75. The van der Waals surface area contributed by atoms with Crippen LogP contribution >= 0.6 is 0 Å². The van der Waals surface area contributed by atoms with E-state index in [4.69, 9.17) is 4.74 Å². The van der Waals surface area contributed by atoms with Crippen LogP contribution < -0.4 is 5.32 Å². The van der Waals surface area contributed by atoms with Crippen molar-refractivity contribution in [1.29, 1.82) is 0 Å². The third-order valence-electron chi connectivity index (χ3n) is 4.18. The summed E-state index contributed by atoms with van der Waals surface area (Å²) in [6.07, 6.45) is 4.71. The van der Waals surface area contributed by atoms with E-state index in [1.807, 2.05) is 30.3 Å². The summed E-state index contributed by atoms with van der Waals surface area (Å²) in [4.78, 5) is 12.1. The SMILES string of the molecule is COC(=O)C(NC1CCCC(C)(C)C1)c1ccccc1. The molecule has 110 valence electrons. The van der Waals surface area contributed by atoms with Crippen LogP contribution in [0.25, 0.3) is 0 Å². The van der Waals surface area contributed by atoms with Crippen LogP contribution in [0.1, 0.15) is 51.1 Å². The van der Waals surface area contributed by atoms with Crippen LogP contribution in [0.5, 0.6) is 0 Å². The molecule has 0 radical (unpaired) electrons. The zero-order chi connectivity index (χ0) is 14.6. The number of hydrogen-bond acceptors (Lipinski definition) is 3. The molecule has 0 spiro atoms. The fourth-order valence-electron chi connectivity index (χ4n) is 3.14. The molecule has 0 aliphatic heterocycles. The molecule has 1 aliphatic carbocycles. The molecule has 3 nitrogen and oxygen atoms in total. The second-order valence-corrected chi connectivity index (χ2v) is 6.49. The van der Waals surface area contributed by atoms with E-state index in [9.17, 15) is 4.79 Å². The molecule has 0 saturated heterocycles. The molecule has 3 heteroatoms. The first kappa shape index (κ1) is 15.0. The van der Waals surface area contributed by atoms with Crippen molar-refractivity contribution in [3.05, 3.63) is 35.9 Å². The molecule has 1 N–H and O–H groups in total. The van der Waals surface area contributed by atoms with E-state index in [0.717, 1.165) is 18.4 Å². The van der Waals surface area contributed by atoms with E-state index in [-0.39, 0.29) is 12.0 Å². The van der Waals surface area contributed by atoms with Gasteiger partial charge < -0.3 is 4.74 Å². The molecule has 1 fully saturated rings. The maximum absolute atomic E-state index is 12.1. The van der Waals surface area contributed by atoms with E-state index in [2.05, 4.69) is 19.2 Å². The van der Waals surface area contributed by atoms with Gasteiger partial charge in [-0.05, 0) is 30.2 Å². The van der Waals surface area contributed by atoms with Gasteiger partial charge in [0, 0.05) is 6.04 Å². The van der Waals surface area contributed by atoms with Crippen molar-refractivity contribution in [2.75, 3.05) is 7.11 Å².